The highest BCUT2D eigenvalue weighted by Gasteiger charge is 2.36. The van der Waals surface area contributed by atoms with Gasteiger partial charge in [-0.3, -0.25) is 9.59 Å². The lowest BCUT2D eigenvalue weighted by Gasteiger charge is -2.40. The second-order valence-electron chi connectivity index (χ2n) is 8.08. The molecular formula is C28H26N2O2. The largest absolute Gasteiger partial charge is 0.349 e. The molecule has 0 aliphatic heterocycles. The average Bonchev–Trinajstić information content (AvgIpc) is 2.86. The van der Waals surface area contributed by atoms with Crippen molar-refractivity contribution in [1.82, 2.24) is 10.2 Å². The van der Waals surface area contributed by atoms with Crippen molar-refractivity contribution in [3.63, 3.8) is 0 Å². The number of rotatable bonds is 6. The van der Waals surface area contributed by atoms with E-state index < -0.39 is 5.54 Å². The number of amides is 2. The van der Waals surface area contributed by atoms with Gasteiger partial charge in [-0.2, -0.15) is 0 Å². The molecule has 160 valence electrons. The van der Waals surface area contributed by atoms with Gasteiger partial charge in [0.05, 0.1) is 5.54 Å². The molecule has 1 atom stereocenters. The van der Waals surface area contributed by atoms with Crippen molar-refractivity contribution < 1.29 is 9.59 Å². The van der Waals surface area contributed by atoms with Gasteiger partial charge in [-0.05, 0) is 47.5 Å². The average molecular weight is 423 g/mol. The van der Waals surface area contributed by atoms with Crippen molar-refractivity contribution >= 4 is 22.6 Å². The normalized spacial score (nSPS) is 12.7. The Morgan fingerprint density at radius 3 is 2.00 bits per heavy atom. The Bertz CT molecular complexity index is 1230. The molecule has 2 amide bonds. The number of hydrogen-bond acceptors (Lipinski definition) is 2. The van der Waals surface area contributed by atoms with Crippen LogP contribution < -0.4 is 5.32 Å². The van der Waals surface area contributed by atoms with Crippen molar-refractivity contribution in [2.45, 2.75) is 12.5 Å². The standard InChI is InChI=1S/C28H26N2O2/c1-28(20-29-26(31)22-13-5-3-6-14-22,30(2)27(32)23-15-7-4-8-16-23)25-19-11-17-21-12-9-10-18-24(21)25/h3-19H,20H2,1-2H3,(H,29,31)/t28-/m0/s1. The molecule has 0 heterocycles. The number of carbonyl (C=O) groups excluding carboxylic acids is 2. The summed E-state index contributed by atoms with van der Waals surface area (Å²) in [5.74, 6) is -0.271. The molecule has 0 saturated carbocycles. The van der Waals surface area contributed by atoms with E-state index in [0.717, 1.165) is 16.3 Å². The smallest absolute Gasteiger partial charge is 0.254 e. The molecule has 0 radical (unpaired) electrons. The van der Waals surface area contributed by atoms with Crippen LogP contribution in [0, 0.1) is 0 Å². The predicted octanol–water partition coefficient (Wildman–Crippen LogP) is 5.26. The number of carbonyl (C=O) groups is 2. The summed E-state index contributed by atoms with van der Waals surface area (Å²) in [6, 6.07) is 32.5. The molecule has 4 aromatic carbocycles. The van der Waals surface area contributed by atoms with Gasteiger partial charge in [0.25, 0.3) is 11.8 Å². The van der Waals surface area contributed by atoms with Crippen LogP contribution in [0.15, 0.2) is 103 Å². The molecular weight excluding hydrogens is 396 g/mol. The second-order valence-corrected chi connectivity index (χ2v) is 8.08. The van der Waals surface area contributed by atoms with Crippen LogP contribution in [0.4, 0.5) is 0 Å². The van der Waals surface area contributed by atoms with Gasteiger partial charge < -0.3 is 10.2 Å². The van der Waals surface area contributed by atoms with Crippen LogP contribution in [-0.4, -0.2) is 30.3 Å². The van der Waals surface area contributed by atoms with E-state index >= 15 is 0 Å². The molecule has 0 unspecified atom stereocenters. The van der Waals surface area contributed by atoms with E-state index in [1.165, 1.54) is 0 Å². The van der Waals surface area contributed by atoms with Crippen LogP contribution in [0.3, 0.4) is 0 Å². The summed E-state index contributed by atoms with van der Waals surface area (Å²) in [6.45, 7) is 2.27. The first-order valence-corrected chi connectivity index (χ1v) is 10.7. The van der Waals surface area contributed by atoms with Gasteiger partial charge in [-0.25, -0.2) is 0 Å². The zero-order valence-corrected chi connectivity index (χ0v) is 18.3. The van der Waals surface area contributed by atoms with E-state index in [0.29, 0.717) is 11.1 Å². The van der Waals surface area contributed by atoms with Crippen LogP contribution in [0.2, 0.25) is 0 Å². The van der Waals surface area contributed by atoms with Crippen LogP contribution in [0.1, 0.15) is 33.2 Å². The van der Waals surface area contributed by atoms with Gasteiger partial charge in [0.2, 0.25) is 0 Å². The fraction of sp³-hybridized carbons (Fsp3) is 0.143. The summed E-state index contributed by atoms with van der Waals surface area (Å²) >= 11 is 0. The Labute approximate surface area is 188 Å². The van der Waals surface area contributed by atoms with E-state index in [1.807, 2.05) is 79.7 Å². The molecule has 0 aromatic heterocycles. The van der Waals surface area contributed by atoms with Gasteiger partial charge in [0, 0.05) is 24.7 Å². The lowest BCUT2D eigenvalue weighted by molar-refractivity contribution is 0.0575. The lowest BCUT2D eigenvalue weighted by Crippen LogP contribution is -2.52. The number of benzene rings is 4. The summed E-state index contributed by atoms with van der Waals surface area (Å²) in [5, 5.41) is 5.20. The zero-order valence-electron chi connectivity index (χ0n) is 18.3. The Hall–Kier alpha value is -3.92. The summed E-state index contributed by atoms with van der Waals surface area (Å²) in [5.41, 5.74) is 1.40. The van der Waals surface area contributed by atoms with Crippen molar-refractivity contribution in [2.75, 3.05) is 13.6 Å². The quantitative estimate of drug-likeness (QED) is 0.461. The number of nitrogens with zero attached hydrogens (tertiary/aromatic N) is 1. The highest BCUT2D eigenvalue weighted by Crippen LogP contribution is 2.33. The first-order valence-electron chi connectivity index (χ1n) is 10.7. The Morgan fingerprint density at radius 1 is 0.750 bits per heavy atom. The molecule has 0 bridgehead atoms. The van der Waals surface area contributed by atoms with Crippen LogP contribution >= 0.6 is 0 Å². The van der Waals surface area contributed by atoms with E-state index in [1.54, 1.807) is 24.1 Å². The lowest BCUT2D eigenvalue weighted by atomic mass is 9.85. The molecule has 0 aliphatic rings. The van der Waals surface area contributed by atoms with E-state index in [2.05, 4.69) is 23.5 Å². The molecule has 32 heavy (non-hydrogen) atoms. The first kappa shape index (κ1) is 21.3. The maximum absolute atomic E-state index is 13.4. The van der Waals surface area contributed by atoms with Gasteiger partial charge >= 0.3 is 0 Å². The third-order valence-corrected chi connectivity index (χ3v) is 6.06. The summed E-state index contributed by atoms with van der Waals surface area (Å²) in [7, 11) is 1.80. The van der Waals surface area contributed by atoms with E-state index in [-0.39, 0.29) is 18.4 Å². The zero-order chi connectivity index (χ0) is 22.6. The number of likely N-dealkylation sites (N-methyl/N-ethyl adjacent to an activating group) is 1. The molecule has 1 N–H and O–H groups in total. The molecule has 4 aromatic rings. The molecule has 4 heteroatoms. The maximum Gasteiger partial charge on any atom is 0.254 e. The minimum atomic E-state index is -0.780. The van der Waals surface area contributed by atoms with Gasteiger partial charge in [-0.1, -0.05) is 78.9 Å². The van der Waals surface area contributed by atoms with Crippen LogP contribution in [0.5, 0.6) is 0 Å². The monoisotopic (exact) mass is 422 g/mol. The molecule has 0 fully saturated rings. The van der Waals surface area contributed by atoms with E-state index in [9.17, 15) is 9.59 Å². The van der Waals surface area contributed by atoms with Crippen LogP contribution in [0.25, 0.3) is 10.8 Å². The predicted molar refractivity (Wildman–Crippen MR) is 129 cm³/mol. The highest BCUT2D eigenvalue weighted by atomic mass is 16.2. The highest BCUT2D eigenvalue weighted by molar-refractivity contribution is 5.96. The maximum atomic E-state index is 13.4. The molecule has 4 rings (SSSR count). The molecule has 0 aliphatic carbocycles. The number of hydrogen-bond donors (Lipinski definition) is 1. The fourth-order valence-electron chi connectivity index (χ4n) is 4.03. The molecule has 0 saturated heterocycles. The van der Waals surface area contributed by atoms with Gasteiger partial charge in [0.15, 0.2) is 0 Å². The Balaban J connectivity index is 1.75. The number of nitrogens with one attached hydrogen (secondary N) is 1. The topological polar surface area (TPSA) is 49.4 Å². The summed E-state index contributed by atoms with van der Waals surface area (Å²) in [4.78, 5) is 28.0. The minimum Gasteiger partial charge on any atom is -0.349 e. The van der Waals surface area contributed by atoms with Crippen molar-refractivity contribution in [2.24, 2.45) is 0 Å². The third kappa shape index (κ3) is 4.12. The van der Waals surface area contributed by atoms with Crippen molar-refractivity contribution in [3.8, 4) is 0 Å². The molecule has 4 nitrogen and oxygen atoms in total. The number of fused-ring (bicyclic) bond motifs is 1. The summed E-state index contributed by atoms with van der Waals surface area (Å²) < 4.78 is 0. The summed E-state index contributed by atoms with van der Waals surface area (Å²) in [6.07, 6.45) is 0. The van der Waals surface area contributed by atoms with E-state index in [4.69, 9.17) is 0 Å². The Morgan fingerprint density at radius 2 is 1.31 bits per heavy atom. The van der Waals surface area contributed by atoms with Crippen LogP contribution in [-0.2, 0) is 5.54 Å². The van der Waals surface area contributed by atoms with Gasteiger partial charge in [-0.15, -0.1) is 0 Å². The van der Waals surface area contributed by atoms with Gasteiger partial charge in [0.1, 0.15) is 0 Å². The SMILES string of the molecule is CN(C(=O)c1ccccc1)[C@@](C)(CNC(=O)c1ccccc1)c1cccc2ccccc12. The Kier molecular flexibility index (Phi) is 6.04. The van der Waals surface area contributed by atoms with Crippen molar-refractivity contribution in [3.05, 3.63) is 120 Å². The van der Waals surface area contributed by atoms with Crippen molar-refractivity contribution in [1.29, 1.82) is 0 Å². The third-order valence-electron chi connectivity index (χ3n) is 6.06. The minimum absolute atomic E-state index is 0.102. The molecule has 0 spiro atoms. The first-order chi connectivity index (χ1) is 15.5. The second kappa shape index (κ2) is 9.06. The fourth-order valence-corrected chi connectivity index (χ4v) is 4.03.